The van der Waals surface area contributed by atoms with Gasteiger partial charge in [0.25, 0.3) is 0 Å². The zero-order valence-corrected chi connectivity index (χ0v) is 9.26. The highest BCUT2D eigenvalue weighted by Crippen LogP contribution is 2.40. The monoisotopic (exact) mass is 281 g/mol. The standard InChI is InChI=1S/C11H8F5NO2/c12-4-1-5-7(17-10(19)11(14,15)16)3-8(18)9(5)6(13)2-4/h1-2,7-8,18H,3H2,(H,17,19)/t7-,8+/m0/s1. The van der Waals surface area contributed by atoms with E-state index in [1.807, 2.05) is 0 Å². The molecule has 0 bridgehead atoms. The average Bonchev–Trinajstić information content (AvgIpc) is 2.54. The number of amides is 1. The molecule has 2 N–H and O–H groups in total. The number of aliphatic hydroxyl groups excluding tert-OH is 1. The summed E-state index contributed by atoms with van der Waals surface area (Å²) >= 11 is 0. The van der Waals surface area contributed by atoms with Gasteiger partial charge >= 0.3 is 12.1 Å². The quantitative estimate of drug-likeness (QED) is 0.775. The van der Waals surface area contributed by atoms with Crippen molar-refractivity contribution >= 4 is 5.91 Å². The third kappa shape index (κ3) is 2.53. The summed E-state index contributed by atoms with van der Waals surface area (Å²) < 4.78 is 62.8. The summed E-state index contributed by atoms with van der Waals surface area (Å²) in [5.41, 5.74) is -0.462. The molecule has 0 unspecified atom stereocenters. The number of hydrogen-bond acceptors (Lipinski definition) is 2. The normalized spacial score (nSPS) is 22.2. The molecule has 2 atom stereocenters. The molecule has 1 aromatic carbocycles. The minimum atomic E-state index is -5.10. The number of benzene rings is 1. The minimum Gasteiger partial charge on any atom is -0.388 e. The molecule has 0 aliphatic heterocycles. The molecule has 0 saturated carbocycles. The van der Waals surface area contributed by atoms with Crippen LogP contribution in [0.3, 0.4) is 0 Å². The molecule has 1 aliphatic carbocycles. The van der Waals surface area contributed by atoms with Gasteiger partial charge in [0.1, 0.15) is 11.6 Å². The fraction of sp³-hybridized carbons (Fsp3) is 0.364. The predicted molar refractivity (Wildman–Crippen MR) is 52.9 cm³/mol. The Hall–Kier alpha value is -1.70. The largest absolute Gasteiger partial charge is 0.471 e. The van der Waals surface area contributed by atoms with E-state index in [1.54, 1.807) is 5.32 Å². The molecule has 0 spiro atoms. The van der Waals surface area contributed by atoms with E-state index in [4.69, 9.17) is 0 Å². The van der Waals surface area contributed by atoms with E-state index in [1.165, 1.54) is 0 Å². The lowest BCUT2D eigenvalue weighted by molar-refractivity contribution is -0.174. The summed E-state index contributed by atoms with van der Waals surface area (Å²) in [6, 6.07) is 0.0516. The molecule has 0 radical (unpaired) electrons. The van der Waals surface area contributed by atoms with Gasteiger partial charge in [-0.25, -0.2) is 8.78 Å². The number of rotatable bonds is 1. The van der Waals surface area contributed by atoms with Crippen LogP contribution in [0.2, 0.25) is 0 Å². The SMILES string of the molecule is O=C(N[C@H]1C[C@@H](O)c2c(F)cc(F)cc21)C(F)(F)F. The molecule has 0 heterocycles. The van der Waals surface area contributed by atoms with Crippen LogP contribution in [0.15, 0.2) is 12.1 Å². The smallest absolute Gasteiger partial charge is 0.388 e. The van der Waals surface area contributed by atoms with Crippen molar-refractivity contribution in [2.45, 2.75) is 24.7 Å². The number of carbonyl (C=O) groups excluding carboxylic acids is 1. The Labute approximate surface area is 104 Å². The molecular formula is C11H8F5NO2. The number of fused-ring (bicyclic) bond motifs is 1. The van der Waals surface area contributed by atoms with Gasteiger partial charge in [0.2, 0.25) is 0 Å². The fourth-order valence-electron chi connectivity index (χ4n) is 2.09. The van der Waals surface area contributed by atoms with Gasteiger partial charge in [-0.15, -0.1) is 0 Å². The fourth-order valence-corrected chi connectivity index (χ4v) is 2.09. The van der Waals surface area contributed by atoms with Crippen LogP contribution in [0.4, 0.5) is 22.0 Å². The van der Waals surface area contributed by atoms with Gasteiger partial charge in [0.05, 0.1) is 12.1 Å². The maximum atomic E-state index is 13.4. The lowest BCUT2D eigenvalue weighted by Gasteiger charge is -2.15. The molecule has 0 aromatic heterocycles. The number of nitrogens with one attached hydrogen (secondary N) is 1. The van der Waals surface area contributed by atoms with E-state index < -0.39 is 35.9 Å². The molecule has 1 amide bonds. The number of alkyl halides is 3. The second-order valence-corrected chi connectivity index (χ2v) is 4.17. The number of aliphatic hydroxyl groups is 1. The van der Waals surface area contributed by atoms with Crippen LogP contribution in [-0.2, 0) is 4.79 Å². The molecule has 3 nitrogen and oxygen atoms in total. The molecule has 1 aliphatic rings. The van der Waals surface area contributed by atoms with E-state index >= 15 is 0 Å². The van der Waals surface area contributed by atoms with Gasteiger partial charge in [0, 0.05) is 18.1 Å². The van der Waals surface area contributed by atoms with Crippen LogP contribution in [0.25, 0.3) is 0 Å². The van der Waals surface area contributed by atoms with Crippen molar-refractivity contribution in [3.8, 4) is 0 Å². The van der Waals surface area contributed by atoms with Crippen molar-refractivity contribution < 1.29 is 31.9 Å². The first-order chi connectivity index (χ1) is 8.70. The predicted octanol–water partition coefficient (Wildman–Crippen LogP) is 2.12. The van der Waals surface area contributed by atoms with E-state index in [0.717, 1.165) is 6.07 Å². The Kier molecular flexibility index (Phi) is 3.21. The van der Waals surface area contributed by atoms with Crippen molar-refractivity contribution in [2.75, 3.05) is 0 Å². The highest BCUT2D eigenvalue weighted by atomic mass is 19.4. The van der Waals surface area contributed by atoms with Crippen LogP contribution in [0, 0.1) is 11.6 Å². The number of halogens is 5. The summed E-state index contributed by atoms with van der Waals surface area (Å²) in [5.74, 6) is -4.26. The molecular weight excluding hydrogens is 273 g/mol. The van der Waals surface area contributed by atoms with E-state index in [9.17, 15) is 31.9 Å². The number of carbonyl (C=O) groups is 1. The van der Waals surface area contributed by atoms with Gasteiger partial charge in [-0.2, -0.15) is 13.2 Å². The van der Waals surface area contributed by atoms with Crippen LogP contribution >= 0.6 is 0 Å². The Balaban J connectivity index is 2.32. The van der Waals surface area contributed by atoms with Gasteiger partial charge in [-0.1, -0.05) is 0 Å². The zero-order valence-electron chi connectivity index (χ0n) is 9.26. The summed E-state index contributed by atoms with van der Waals surface area (Å²) in [6.07, 6.45) is -6.81. The third-order valence-corrected chi connectivity index (χ3v) is 2.86. The first-order valence-electron chi connectivity index (χ1n) is 5.24. The van der Waals surface area contributed by atoms with Crippen molar-refractivity contribution in [1.29, 1.82) is 0 Å². The van der Waals surface area contributed by atoms with Crippen molar-refractivity contribution in [3.63, 3.8) is 0 Å². The van der Waals surface area contributed by atoms with Gasteiger partial charge in [-0.05, 0) is 11.6 Å². The molecule has 0 saturated heterocycles. The first kappa shape index (κ1) is 13.7. The molecule has 8 heteroatoms. The Morgan fingerprint density at radius 3 is 2.53 bits per heavy atom. The Morgan fingerprint density at radius 2 is 1.95 bits per heavy atom. The lowest BCUT2D eigenvalue weighted by atomic mass is 10.1. The highest BCUT2D eigenvalue weighted by molar-refractivity contribution is 5.82. The summed E-state index contributed by atoms with van der Waals surface area (Å²) in [5, 5.41) is 11.1. The third-order valence-electron chi connectivity index (χ3n) is 2.86. The lowest BCUT2D eigenvalue weighted by Crippen LogP contribution is -2.38. The molecule has 0 fully saturated rings. The summed E-state index contributed by atoms with van der Waals surface area (Å²) in [7, 11) is 0. The molecule has 1 aromatic rings. The van der Waals surface area contributed by atoms with Crippen LogP contribution < -0.4 is 5.32 Å². The Bertz CT molecular complexity index is 529. The molecule has 104 valence electrons. The molecule has 19 heavy (non-hydrogen) atoms. The average molecular weight is 281 g/mol. The van der Waals surface area contributed by atoms with Gasteiger partial charge in [0.15, 0.2) is 0 Å². The summed E-state index contributed by atoms with van der Waals surface area (Å²) in [6.45, 7) is 0. The van der Waals surface area contributed by atoms with Crippen LogP contribution in [-0.4, -0.2) is 17.2 Å². The summed E-state index contributed by atoms with van der Waals surface area (Å²) in [4.78, 5) is 10.8. The Morgan fingerprint density at radius 1 is 1.32 bits per heavy atom. The van der Waals surface area contributed by atoms with Gasteiger partial charge < -0.3 is 10.4 Å². The van der Waals surface area contributed by atoms with Crippen LogP contribution in [0.5, 0.6) is 0 Å². The minimum absolute atomic E-state index is 0.178. The highest BCUT2D eigenvalue weighted by Gasteiger charge is 2.42. The zero-order chi connectivity index (χ0) is 14.4. The van der Waals surface area contributed by atoms with E-state index in [-0.39, 0.29) is 17.5 Å². The van der Waals surface area contributed by atoms with Crippen molar-refractivity contribution in [2.24, 2.45) is 0 Å². The first-order valence-corrected chi connectivity index (χ1v) is 5.24. The van der Waals surface area contributed by atoms with E-state index in [2.05, 4.69) is 0 Å². The second-order valence-electron chi connectivity index (χ2n) is 4.17. The van der Waals surface area contributed by atoms with Gasteiger partial charge in [-0.3, -0.25) is 4.79 Å². The van der Waals surface area contributed by atoms with Crippen molar-refractivity contribution in [3.05, 3.63) is 34.9 Å². The second kappa shape index (κ2) is 4.44. The van der Waals surface area contributed by atoms with Crippen molar-refractivity contribution in [1.82, 2.24) is 5.32 Å². The number of hydrogen-bond donors (Lipinski definition) is 2. The molecule has 2 rings (SSSR count). The maximum Gasteiger partial charge on any atom is 0.471 e. The van der Waals surface area contributed by atoms with E-state index in [0.29, 0.717) is 6.07 Å². The maximum absolute atomic E-state index is 13.4. The topological polar surface area (TPSA) is 49.3 Å². The van der Waals surface area contributed by atoms with Crippen LogP contribution in [0.1, 0.15) is 29.7 Å².